The van der Waals surface area contributed by atoms with Crippen LogP contribution in [0.15, 0.2) is 41.4 Å². The first-order chi connectivity index (χ1) is 9.95. The third kappa shape index (κ3) is 2.52. The Morgan fingerprint density at radius 2 is 2.05 bits per heavy atom. The molecule has 0 spiro atoms. The van der Waals surface area contributed by atoms with Crippen molar-refractivity contribution in [2.45, 2.75) is 26.2 Å². The van der Waals surface area contributed by atoms with E-state index in [-0.39, 0.29) is 11.2 Å². The lowest BCUT2D eigenvalue weighted by Crippen LogP contribution is -2.13. The maximum atomic E-state index is 10.0. The van der Waals surface area contributed by atoms with Crippen LogP contribution in [0, 0.1) is 0 Å². The summed E-state index contributed by atoms with van der Waals surface area (Å²) in [7, 11) is 0. The van der Waals surface area contributed by atoms with Crippen molar-refractivity contribution >= 4 is 0 Å². The second-order valence-corrected chi connectivity index (χ2v) is 5.84. The van der Waals surface area contributed by atoms with Crippen LogP contribution in [0.4, 0.5) is 0 Å². The van der Waals surface area contributed by atoms with E-state index < -0.39 is 0 Å². The molecule has 0 unspecified atom stereocenters. The summed E-state index contributed by atoms with van der Waals surface area (Å²) in [5.74, 6) is 1.01. The maximum Gasteiger partial charge on any atom is 0.261 e. The van der Waals surface area contributed by atoms with Crippen molar-refractivity contribution < 1.29 is 9.63 Å². The van der Waals surface area contributed by atoms with Crippen molar-refractivity contribution in [2.24, 2.45) is 0 Å². The van der Waals surface area contributed by atoms with E-state index in [1.807, 2.05) is 31.5 Å². The Balaban J connectivity index is 2.06. The zero-order valence-corrected chi connectivity index (χ0v) is 12.1. The molecule has 0 radical (unpaired) electrons. The minimum atomic E-state index is -0.209. The third-order valence-corrected chi connectivity index (χ3v) is 3.11. The summed E-state index contributed by atoms with van der Waals surface area (Å²) in [5, 5.41) is 14.0. The van der Waals surface area contributed by atoms with Crippen LogP contribution in [-0.2, 0) is 5.41 Å². The van der Waals surface area contributed by atoms with Gasteiger partial charge in [-0.2, -0.15) is 4.98 Å². The summed E-state index contributed by atoms with van der Waals surface area (Å²) in [6.07, 6.45) is 5.20. The molecule has 0 aliphatic carbocycles. The zero-order valence-electron chi connectivity index (χ0n) is 12.1. The van der Waals surface area contributed by atoms with Gasteiger partial charge in [0.1, 0.15) is 5.75 Å². The molecular formula is C15H16N4O2. The van der Waals surface area contributed by atoms with Crippen LogP contribution >= 0.6 is 0 Å². The summed E-state index contributed by atoms with van der Waals surface area (Å²) in [6.45, 7) is 6.01. The number of imidazole rings is 1. The number of rotatable bonds is 2. The molecular weight excluding hydrogens is 268 g/mol. The van der Waals surface area contributed by atoms with Gasteiger partial charge in [-0.05, 0) is 18.2 Å². The van der Waals surface area contributed by atoms with Gasteiger partial charge in [-0.25, -0.2) is 4.98 Å². The summed E-state index contributed by atoms with van der Waals surface area (Å²) in [6, 6.07) is 5.18. The lowest BCUT2D eigenvalue weighted by atomic mass is 9.96. The highest BCUT2D eigenvalue weighted by molar-refractivity contribution is 5.65. The smallest absolute Gasteiger partial charge is 0.261 e. The van der Waals surface area contributed by atoms with Gasteiger partial charge in [0.15, 0.2) is 5.82 Å². The first-order valence-corrected chi connectivity index (χ1v) is 6.61. The van der Waals surface area contributed by atoms with Crippen molar-refractivity contribution in [3.8, 4) is 22.9 Å². The zero-order chi connectivity index (χ0) is 15.0. The van der Waals surface area contributed by atoms with E-state index >= 15 is 0 Å². The monoisotopic (exact) mass is 284 g/mol. The second kappa shape index (κ2) is 4.73. The van der Waals surface area contributed by atoms with Gasteiger partial charge in [0.05, 0.1) is 11.9 Å². The third-order valence-electron chi connectivity index (χ3n) is 3.11. The molecule has 0 amide bonds. The number of aromatic nitrogens is 4. The Morgan fingerprint density at radius 1 is 1.24 bits per heavy atom. The van der Waals surface area contributed by atoms with Gasteiger partial charge in [0.25, 0.3) is 5.89 Å². The molecule has 0 fully saturated rings. The molecule has 0 saturated carbocycles. The molecule has 3 aromatic rings. The summed E-state index contributed by atoms with van der Waals surface area (Å²) in [5.41, 5.74) is 1.15. The van der Waals surface area contributed by atoms with Gasteiger partial charge in [0.2, 0.25) is 0 Å². The van der Waals surface area contributed by atoms with E-state index in [4.69, 9.17) is 4.52 Å². The van der Waals surface area contributed by atoms with Crippen LogP contribution in [0.2, 0.25) is 0 Å². The van der Waals surface area contributed by atoms with Crippen LogP contribution in [0.25, 0.3) is 17.1 Å². The Morgan fingerprint density at radius 3 is 2.67 bits per heavy atom. The largest absolute Gasteiger partial charge is 0.507 e. The average Bonchev–Trinajstić information content (AvgIpc) is 3.10. The number of phenols is 1. The summed E-state index contributed by atoms with van der Waals surface area (Å²) >= 11 is 0. The highest BCUT2D eigenvalue weighted by Crippen LogP contribution is 2.31. The lowest BCUT2D eigenvalue weighted by Gasteiger charge is -2.11. The Hall–Kier alpha value is -2.63. The molecule has 1 aromatic carbocycles. The van der Waals surface area contributed by atoms with E-state index in [0.717, 1.165) is 5.69 Å². The average molecular weight is 284 g/mol. The van der Waals surface area contributed by atoms with Gasteiger partial charge in [-0.3, -0.25) is 0 Å². The van der Waals surface area contributed by atoms with Crippen molar-refractivity contribution in [1.82, 2.24) is 19.7 Å². The Labute approximate surface area is 122 Å². The van der Waals surface area contributed by atoms with Gasteiger partial charge in [0, 0.05) is 23.5 Å². The number of nitrogens with zero attached hydrogens (tertiary/aromatic N) is 4. The molecule has 0 saturated heterocycles. The molecule has 0 bridgehead atoms. The standard InChI is InChI=1S/C15H16N4O2/c1-15(2,3)14-17-13(21-18-14)11-8-10(4-5-12(11)20)19-7-6-16-9-19/h4-9,20H,1-3H3. The highest BCUT2D eigenvalue weighted by Gasteiger charge is 2.22. The number of phenolic OH excluding ortho intramolecular Hbond substituents is 1. The molecule has 3 rings (SSSR count). The number of hydrogen-bond acceptors (Lipinski definition) is 5. The first-order valence-electron chi connectivity index (χ1n) is 6.61. The number of hydrogen-bond donors (Lipinski definition) is 1. The predicted molar refractivity (Wildman–Crippen MR) is 77.2 cm³/mol. The van der Waals surface area contributed by atoms with Crippen LogP contribution in [0.1, 0.15) is 26.6 Å². The second-order valence-electron chi connectivity index (χ2n) is 5.84. The van der Waals surface area contributed by atoms with E-state index in [0.29, 0.717) is 17.3 Å². The predicted octanol–water partition coefficient (Wildman–Crippen LogP) is 2.93. The fourth-order valence-electron chi connectivity index (χ4n) is 1.91. The number of aromatic hydroxyl groups is 1. The van der Waals surface area contributed by atoms with Crippen molar-refractivity contribution in [3.05, 3.63) is 42.7 Å². The minimum absolute atomic E-state index is 0.1000. The topological polar surface area (TPSA) is 77.0 Å². The molecule has 0 aliphatic rings. The minimum Gasteiger partial charge on any atom is -0.507 e. The van der Waals surface area contributed by atoms with Gasteiger partial charge >= 0.3 is 0 Å². The number of benzene rings is 1. The Bertz CT molecular complexity index is 754. The van der Waals surface area contributed by atoms with Crippen LogP contribution in [0.3, 0.4) is 0 Å². The Kier molecular flexibility index (Phi) is 3.01. The summed E-state index contributed by atoms with van der Waals surface area (Å²) < 4.78 is 7.12. The van der Waals surface area contributed by atoms with Crippen LogP contribution in [0.5, 0.6) is 5.75 Å². The first kappa shape index (κ1) is 13.4. The molecule has 0 aliphatic heterocycles. The van der Waals surface area contributed by atoms with Crippen LogP contribution < -0.4 is 0 Å². The highest BCUT2D eigenvalue weighted by atomic mass is 16.5. The van der Waals surface area contributed by atoms with Gasteiger partial charge in [-0.1, -0.05) is 25.9 Å². The van der Waals surface area contributed by atoms with E-state index in [2.05, 4.69) is 15.1 Å². The molecule has 21 heavy (non-hydrogen) atoms. The van der Waals surface area contributed by atoms with E-state index in [1.54, 1.807) is 30.7 Å². The molecule has 1 N–H and O–H groups in total. The molecule has 6 heteroatoms. The molecule has 2 heterocycles. The maximum absolute atomic E-state index is 10.0. The summed E-state index contributed by atoms with van der Waals surface area (Å²) in [4.78, 5) is 8.38. The fourth-order valence-corrected chi connectivity index (χ4v) is 1.91. The van der Waals surface area contributed by atoms with E-state index in [9.17, 15) is 5.11 Å². The van der Waals surface area contributed by atoms with E-state index in [1.165, 1.54) is 0 Å². The van der Waals surface area contributed by atoms with Gasteiger partial charge < -0.3 is 14.2 Å². The fraction of sp³-hybridized carbons (Fsp3) is 0.267. The quantitative estimate of drug-likeness (QED) is 0.783. The van der Waals surface area contributed by atoms with Crippen LogP contribution in [-0.4, -0.2) is 24.8 Å². The molecule has 2 aromatic heterocycles. The van der Waals surface area contributed by atoms with Crippen molar-refractivity contribution in [2.75, 3.05) is 0 Å². The van der Waals surface area contributed by atoms with Crippen molar-refractivity contribution in [3.63, 3.8) is 0 Å². The molecule has 108 valence electrons. The van der Waals surface area contributed by atoms with Gasteiger partial charge in [-0.15, -0.1) is 0 Å². The lowest BCUT2D eigenvalue weighted by molar-refractivity contribution is 0.399. The normalized spacial score (nSPS) is 11.8. The molecule has 6 nitrogen and oxygen atoms in total. The SMILES string of the molecule is CC(C)(C)c1noc(-c2cc(-n3ccnc3)ccc2O)n1. The van der Waals surface area contributed by atoms with Crippen molar-refractivity contribution in [1.29, 1.82) is 0 Å². The molecule has 0 atom stereocenters.